The van der Waals surface area contributed by atoms with E-state index >= 15 is 0 Å². The maximum absolute atomic E-state index is 13.5. The highest BCUT2D eigenvalue weighted by atomic mass is 19.1. The van der Waals surface area contributed by atoms with E-state index in [2.05, 4.69) is 5.32 Å². The first-order valence-corrected chi connectivity index (χ1v) is 5.88. The molecule has 0 radical (unpaired) electrons. The van der Waals surface area contributed by atoms with Crippen LogP contribution in [0.25, 0.3) is 0 Å². The van der Waals surface area contributed by atoms with Gasteiger partial charge in [-0.2, -0.15) is 9.65 Å². The summed E-state index contributed by atoms with van der Waals surface area (Å²) in [5.74, 6) is -1.60. The van der Waals surface area contributed by atoms with Crippen LogP contribution in [0, 0.1) is 33.1 Å². The smallest absolute Gasteiger partial charge is 0.304 e. The van der Waals surface area contributed by atoms with Crippen molar-refractivity contribution in [3.8, 4) is 6.07 Å². The van der Waals surface area contributed by atoms with Crippen LogP contribution in [0.4, 0.5) is 20.2 Å². The molecule has 0 aliphatic rings. The molecule has 0 spiro atoms. The van der Waals surface area contributed by atoms with Gasteiger partial charge in [-0.15, -0.1) is 0 Å². The van der Waals surface area contributed by atoms with E-state index in [4.69, 9.17) is 5.26 Å². The Morgan fingerprint density at radius 2 is 2.00 bits per heavy atom. The molecule has 7 heteroatoms. The third-order valence-corrected chi connectivity index (χ3v) is 2.82. The summed E-state index contributed by atoms with van der Waals surface area (Å²) < 4.78 is 26.8. The second-order valence-electron chi connectivity index (χ2n) is 4.17. The van der Waals surface area contributed by atoms with Crippen LogP contribution in [0.15, 0.2) is 36.4 Å². The summed E-state index contributed by atoms with van der Waals surface area (Å²) in [4.78, 5) is 9.69. The highest BCUT2D eigenvalue weighted by molar-refractivity contribution is 5.58. The number of hydrogen-bond acceptors (Lipinski definition) is 4. The predicted octanol–water partition coefficient (Wildman–Crippen LogP) is 3.36. The molecule has 0 unspecified atom stereocenters. The molecule has 0 aliphatic heterocycles. The maximum atomic E-state index is 13.5. The largest absolute Gasteiger partial charge is 0.380 e. The molecular formula is C14H9F2N3O2. The zero-order valence-corrected chi connectivity index (χ0v) is 10.6. The number of nitro groups is 1. The monoisotopic (exact) mass is 289 g/mol. The van der Waals surface area contributed by atoms with E-state index in [1.165, 1.54) is 18.2 Å². The van der Waals surface area contributed by atoms with Crippen LogP contribution in [0.5, 0.6) is 0 Å². The minimum atomic E-state index is -0.945. The van der Waals surface area contributed by atoms with E-state index in [1.54, 1.807) is 6.07 Å². The maximum Gasteiger partial charge on any atom is 0.304 e. The Kier molecular flexibility index (Phi) is 4.09. The number of hydrogen-bond donors (Lipinski definition) is 1. The summed E-state index contributed by atoms with van der Waals surface area (Å²) >= 11 is 0. The number of nitrogens with one attached hydrogen (secondary N) is 1. The summed E-state index contributed by atoms with van der Waals surface area (Å²) in [5.41, 5.74) is -0.0374. The summed E-state index contributed by atoms with van der Waals surface area (Å²) in [5, 5.41) is 22.2. The van der Waals surface area contributed by atoms with E-state index < -0.39 is 22.2 Å². The highest BCUT2D eigenvalue weighted by Crippen LogP contribution is 2.21. The molecule has 0 saturated carbocycles. The molecule has 0 heterocycles. The number of halogens is 2. The molecule has 1 N–H and O–H groups in total. The number of nitrogens with zero attached hydrogens (tertiary/aromatic N) is 2. The first-order chi connectivity index (χ1) is 10.0. The summed E-state index contributed by atoms with van der Waals surface area (Å²) in [6, 6.07) is 9.32. The number of nitro benzene ring substituents is 1. The molecule has 5 nitrogen and oxygen atoms in total. The van der Waals surface area contributed by atoms with Crippen LogP contribution in [0.1, 0.15) is 11.1 Å². The molecule has 2 aromatic carbocycles. The fourth-order valence-electron chi connectivity index (χ4n) is 1.79. The Labute approximate surface area is 118 Å². The van der Waals surface area contributed by atoms with Gasteiger partial charge in [0.1, 0.15) is 17.4 Å². The Morgan fingerprint density at radius 3 is 2.62 bits per heavy atom. The van der Waals surface area contributed by atoms with Gasteiger partial charge < -0.3 is 5.32 Å². The molecule has 0 aliphatic carbocycles. The number of anilines is 1. The Balaban J connectivity index is 2.18. The van der Waals surface area contributed by atoms with Crippen molar-refractivity contribution >= 4 is 11.4 Å². The summed E-state index contributed by atoms with van der Waals surface area (Å²) in [6.45, 7) is 0.104. The van der Waals surface area contributed by atoms with E-state index in [0.29, 0.717) is 5.56 Å². The van der Waals surface area contributed by atoms with Gasteiger partial charge in [-0.05, 0) is 23.8 Å². The van der Waals surface area contributed by atoms with Crippen molar-refractivity contribution in [1.29, 1.82) is 5.26 Å². The van der Waals surface area contributed by atoms with E-state index in [1.807, 2.05) is 0 Å². The Morgan fingerprint density at radius 1 is 1.24 bits per heavy atom. The molecule has 0 bridgehead atoms. The van der Waals surface area contributed by atoms with E-state index in [9.17, 15) is 18.9 Å². The molecule has 0 amide bonds. The molecule has 0 atom stereocenters. The van der Waals surface area contributed by atoms with Gasteiger partial charge in [0.25, 0.3) is 0 Å². The SMILES string of the molecule is N#Cc1c(F)cccc1NCc1ccc([N+](=O)[O-])c(F)c1. The third kappa shape index (κ3) is 3.12. The average Bonchev–Trinajstić information content (AvgIpc) is 2.44. The van der Waals surface area contributed by atoms with E-state index in [0.717, 1.165) is 18.2 Å². The van der Waals surface area contributed by atoms with Crippen LogP contribution < -0.4 is 5.32 Å². The number of nitriles is 1. The quantitative estimate of drug-likeness (QED) is 0.691. The standard InChI is InChI=1S/C14H9F2N3O2/c15-11-2-1-3-13(10(11)7-17)18-8-9-4-5-14(19(20)21)12(16)6-9/h1-6,18H,8H2. The molecule has 106 valence electrons. The highest BCUT2D eigenvalue weighted by Gasteiger charge is 2.14. The van der Waals surface area contributed by atoms with Crippen molar-refractivity contribution in [3.05, 3.63) is 69.3 Å². The van der Waals surface area contributed by atoms with Crippen LogP contribution >= 0.6 is 0 Å². The molecule has 21 heavy (non-hydrogen) atoms. The van der Waals surface area contributed by atoms with Gasteiger partial charge in [0.05, 0.1) is 10.6 Å². The number of benzene rings is 2. The lowest BCUT2D eigenvalue weighted by Crippen LogP contribution is -2.03. The van der Waals surface area contributed by atoms with Gasteiger partial charge in [0.15, 0.2) is 0 Å². The third-order valence-electron chi connectivity index (χ3n) is 2.82. The fourth-order valence-corrected chi connectivity index (χ4v) is 1.79. The van der Waals surface area contributed by atoms with Crippen LogP contribution in [0.3, 0.4) is 0 Å². The summed E-state index contributed by atoms with van der Waals surface area (Å²) in [7, 11) is 0. The van der Waals surface area contributed by atoms with Gasteiger partial charge in [0.2, 0.25) is 5.82 Å². The van der Waals surface area contributed by atoms with Gasteiger partial charge in [0, 0.05) is 12.6 Å². The molecule has 0 fully saturated rings. The van der Waals surface area contributed by atoms with Crippen LogP contribution in [-0.4, -0.2) is 4.92 Å². The average molecular weight is 289 g/mol. The van der Waals surface area contributed by atoms with Crippen molar-refractivity contribution in [2.75, 3.05) is 5.32 Å². The second-order valence-corrected chi connectivity index (χ2v) is 4.17. The predicted molar refractivity (Wildman–Crippen MR) is 71.5 cm³/mol. The second kappa shape index (κ2) is 5.96. The first kappa shape index (κ1) is 14.4. The molecule has 0 saturated heterocycles. The minimum Gasteiger partial charge on any atom is -0.380 e. The first-order valence-electron chi connectivity index (χ1n) is 5.88. The van der Waals surface area contributed by atoms with Gasteiger partial charge in [-0.3, -0.25) is 10.1 Å². The zero-order valence-electron chi connectivity index (χ0n) is 10.6. The van der Waals surface area contributed by atoms with Crippen molar-refractivity contribution in [1.82, 2.24) is 0 Å². The molecule has 2 rings (SSSR count). The van der Waals surface area contributed by atoms with Crippen molar-refractivity contribution in [2.45, 2.75) is 6.54 Å². The van der Waals surface area contributed by atoms with Gasteiger partial charge in [-0.25, -0.2) is 4.39 Å². The molecular weight excluding hydrogens is 280 g/mol. The van der Waals surface area contributed by atoms with Gasteiger partial charge in [-0.1, -0.05) is 12.1 Å². The normalized spacial score (nSPS) is 9.95. The van der Waals surface area contributed by atoms with Crippen LogP contribution in [-0.2, 0) is 6.54 Å². The lowest BCUT2D eigenvalue weighted by Gasteiger charge is -2.08. The lowest BCUT2D eigenvalue weighted by atomic mass is 10.1. The number of rotatable bonds is 4. The zero-order chi connectivity index (χ0) is 15.4. The minimum absolute atomic E-state index is 0.104. The molecule has 0 aromatic heterocycles. The molecule has 2 aromatic rings. The van der Waals surface area contributed by atoms with Crippen molar-refractivity contribution in [2.24, 2.45) is 0 Å². The van der Waals surface area contributed by atoms with Crippen molar-refractivity contribution < 1.29 is 13.7 Å². The Bertz CT molecular complexity index is 741. The van der Waals surface area contributed by atoms with Crippen LogP contribution in [0.2, 0.25) is 0 Å². The topological polar surface area (TPSA) is 79.0 Å². The van der Waals surface area contributed by atoms with Gasteiger partial charge >= 0.3 is 5.69 Å². The van der Waals surface area contributed by atoms with Crippen molar-refractivity contribution in [3.63, 3.8) is 0 Å². The fraction of sp³-hybridized carbons (Fsp3) is 0.0714. The Hall–Kier alpha value is -3.01. The van der Waals surface area contributed by atoms with E-state index in [-0.39, 0.29) is 17.8 Å². The lowest BCUT2D eigenvalue weighted by molar-refractivity contribution is -0.387. The summed E-state index contributed by atoms with van der Waals surface area (Å²) in [6.07, 6.45) is 0.